The molecule has 1 atom stereocenters. The van der Waals surface area contributed by atoms with Crippen molar-refractivity contribution in [1.29, 1.82) is 0 Å². The molecule has 0 saturated carbocycles. The maximum absolute atomic E-state index is 11.9. The Hall–Kier alpha value is -3.95. The average Bonchev–Trinajstić information content (AvgIpc) is 2.70. The lowest BCUT2D eigenvalue weighted by Gasteiger charge is -2.24. The Morgan fingerprint density at radius 2 is 1.86 bits per heavy atom. The Morgan fingerprint density at radius 1 is 1.17 bits per heavy atom. The molecule has 1 amide bonds. The minimum Gasteiger partial charge on any atom is -0.548 e. The summed E-state index contributed by atoms with van der Waals surface area (Å²) in [4.78, 5) is 22.9. The number of amidine groups is 1. The fourth-order valence-electron chi connectivity index (χ4n) is 2.51. The van der Waals surface area contributed by atoms with Crippen molar-refractivity contribution in [2.45, 2.75) is 13.0 Å². The van der Waals surface area contributed by atoms with Crippen LogP contribution >= 0.6 is 0 Å². The number of nitrogens with two attached hydrogens (primary N) is 2. The average molecular weight is 401 g/mol. The molecule has 154 valence electrons. The molecule has 29 heavy (non-hydrogen) atoms. The maximum atomic E-state index is 11.9. The molecule has 0 saturated heterocycles. The third kappa shape index (κ3) is 5.76. The van der Waals surface area contributed by atoms with Crippen molar-refractivity contribution in [3.8, 4) is 11.5 Å². The molecule has 0 fully saturated rings. The standard InChI is InChI=1S/C19H22N4O6/c1-2-28-13-7-8-15(29-10-16(20)24)14(9-13)17(19(25)26)22-12-5-3-11(4-6-12)18(21)23-27/h3-9,17,22,27H,2,10H2,1H3,(H2,20,24)(H2,21,23)(H,25,26)/p-1. The van der Waals surface area contributed by atoms with Crippen molar-refractivity contribution < 1.29 is 29.4 Å². The van der Waals surface area contributed by atoms with Gasteiger partial charge in [0.1, 0.15) is 11.5 Å². The summed E-state index contributed by atoms with van der Waals surface area (Å²) in [6.07, 6.45) is 0. The van der Waals surface area contributed by atoms with Crippen molar-refractivity contribution in [3.05, 3.63) is 53.6 Å². The van der Waals surface area contributed by atoms with E-state index in [1.807, 2.05) is 0 Å². The number of primary amides is 1. The van der Waals surface area contributed by atoms with Gasteiger partial charge in [0, 0.05) is 16.8 Å². The van der Waals surface area contributed by atoms with Gasteiger partial charge in [-0.15, -0.1) is 0 Å². The van der Waals surface area contributed by atoms with Crippen LogP contribution in [0.1, 0.15) is 24.1 Å². The number of carboxylic acid groups (broad SMARTS) is 1. The lowest BCUT2D eigenvalue weighted by Crippen LogP contribution is -2.34. The van der Waals surface area contributed by atoms with Gasteiger partial charge < -0.3 is 41.4 Å². The highest BCUT2D eigenvalue weighted by molar-refractivity contribution is 5.97. The highest BCUT2D eigenvalue weighted by atomic mass is 16.5. The van der Waals surface area contributed by atoms with Crippen molar-refractivity contribution in [2.24, 2.45) is 16.6 Å². The maximum Gasteiger partial charge on any atom is 0.255 e. The van der Waals surface area contributed by atoms with Crippen LogP contribution in [-0.2, 0) is 9.59 Å². The number of anilines is 1. The number of amides is 1. The number of nitrogens with zero attached hydrogens (tertiary/aromatic N) is 1. The molecule has 6 N–H and O–H groups in total. The van der Waals surface area contributed by atoms with Crippen molar-refractivity contribution in [2.75, 3.05) is 18.5 Å². The topological polar surface area (TPSA) is 172 Å². The van der Waals surface area contributed by atoms with E-state index in [0.29, 0.717) is 23.6 Å². The molecule has 0 aliphatic heterocycles. The molecule has 0 aromatic heterocycles. The van der Waals surface area contributed by atoms with E-state index < -0.39 is 24.5 Å². The molecule has 0 radical (unpaired) electrons. The second kappa shape index (κ2) is 9.83. The Bertz CT molecular complexity index is 898. The second-order valence-electron chi connectivity index (χ2n) is 5.85. The summed E-state index contributed by atoms with van der Waals surface area (Å²) in [7, 11) is 0. The highest BCUT2D eigenvalue weighted by Gasteiger charge is 2.20. The van der Waals surface area contributed by atoms with E-state index in [0.717, 1.165) is 0 Å². The van der Waals surface area contributed by atoms with Gasteiger partial charge in [0.15, 0.2) is 12.4 Å². The Morgan fingerprint density at radius 3 is 2.41 bits per heavy atom. The summed E-state index contributed by atoms with van der Waals surface area (Å²) in [6.45, 7) is 1.74. The van der Waals surface area contributed by atoms with Crippen LogP contribution in [0.5, 0.6) is 11.5 Å². The molecule has 2 aromatic carbocycles. The number of carbonyl (C=O) groups is 2. The molecule has 0 bridgehead atoms. The van der Waals surface area contributed by atoms with Crippen LogP contribution in [-0.4, -0.2) is 36.1 Å². The fourth-order valence-corrected chi connectivity index (χ4v) is 2.51. The van der Waals surface area contributed by atoms with Crippen LogP contribution in [0, 0.1) is 0 Å². The number of carbonyl (C=O) groups excluding carboxylic acids is 2. The first-order valence-corrected chi connectivity index (χ1v) is 8.59. The van der Waals surface area contributed by atoms with Crippen LogP contribution < -0.4 is 31.4 Å². The molecule has 0 aliphatic rings. The smallest absolute Gasteiger partial charge is 0.255 e. The summed E-state index contributed by atoms with van der Waals surface area (Å²) < 4.78 is 10.8. The molecule has 2 aromatic rings. The van der Waals surface area contributed by atoms with Gasteiger partial charge in [0.05, 0.1) is 18.6 Å². The van der Waals surface area contributed by atoms with E-state index in [2.05, 4.69) is 10.5 Å². The van der Waals surface area contributed by atoms with E-state index >= 15 is 0 Å². The van der Waals surface area contributed by atoms with E-state index in [1.54, 1.807) is 37.3 Å². The Labute approximate surface area is 166 Å². The van der Waals surface area contributed by atoms with Crippen LogP contribution in [0.25, 0.3) is 0 Å². The van der Waals surface area contributed by atoms with Gasteiger partial charge in [-0.1, -0.05) is 5.16 Å². The molecule has 0 spiro atoms. The SMILES string of the molecule is CCOc1ccc(OCC(N)=O)c(C(Nc2ccc(/C(N)=N\O)cc2)C(=O)[O-])c1. The number of oxime groups is 1. The van der Waals surface area contributed by atoms with Gasteiger partial charge in [-0.2, -0.15) is 0 Å². The van der Waals surface area contributed by atoms with E-state index in [4.69, 9.17) is 26.1 Å². The summed E-state index contributed by atoms with van der Waals surface area (Å²) in [5, 5.41) is 26.3. The number of hydrogen-bond acceptors (Lipinski definition) is 8. The predicted molar refractivity (Wildman–Crippen MR) is 103 cm³/mol. The molecule has 10 heteroatoms. The number of nitrogens with one attached hydrogen (secondary N) is 1. The summed E-state index contributed by atoms with van der Waals surface area (Å²) in [6, 6.07) is 9.43. The third-order valence-electron chi connectivity index (χ3n) is 3.81. The zero-order chi connectivity index (χ0) is 21.4. The zero-order valence-corrected chi connectivity index (χ0v) is 15.6. The lowest BCUT2D eigenvalue weighted by atomic mass is 10.0. The summed E-state index contributed by atoms with van der Waals surface area (Å²) in [5.74, 6) is -1.66. The second-order valence-corrected chi connectivity index (χ2v) is 5.85. The minimum atomic E-state index is -1.43. The molecule has 0 aliphatic carbocycles. The van der Waals surface area contributed by atoms with Crippen LogP contribution in [0.15, 0.2) is 47.6 Å². The van der Waals surface area contributed by atoms with Gasteiger partial charge in [-0.25, -0.2) is 0 Å². The third-order valence-corrected chi connectivity index (χ3v) is 3.81. The normalized spacial score (nSPS) is 12.1. The van der Waals surface area contributed by atoms with Gasteiger partial charge in [0.2, 0.25) is 0 Å². The molecular formula is C19H21N4O6-. The monoisotopic (exact) mass is 401 g/mol. The molecule has 0 heterocycles. The first-order valence-electron chi connectivity index (χ1n) is 8.59. The van der Waals surface area contributed by atoms with E-state index in [1.165, 1.54) is 12.1 Å². The summed E-state index contributed by atoms with van der Waals surface area (Å²) >= 11 is 0. The van der Waals surface area contributed by atoms with E-state index in [9.17, 15) is 14.7 Å². The van der Waals surface area contributed by atoms with Crippen LogP contribution in [0.3, 0.4) is 0 Å². The largest absolute Gasteiger partial charge is 0.548 e. The van der Waals surface area contributed by atoms with Gasteiger partial charge in [0.25, 0.3) is 5.91 Å². The van der Waals surface area contributed by atoms with Crippen molar-refractivity contribution in [3.63, 3.8) is 0 Å². The number of benzene rings is 2. The number of carboxylic acids is 1. The molecule has 2 rings (SSSR count). The van der Waals surface area contributed by atoms with Crippen LogP contribution in [0.4, 0.5) is 5.69 Å². The predicted octanol–water partition coefficient (Wildman–Crippen LogP) is -0.0530. The number of rotatable bonds is 10. The first-order chi connectivity index (χ1) is 13.8. The quantitative estimate of drug-likeness (QED) is 0.186. The van der Waals surface area contributed by atoms with E-state index in [-0.39, 0.29) is 17.1 Å². The first kappa shape index (κ1) is 21.4. The van der Waals surface area contributed by atoms with Crippen molar-refractivity contribution in [1.82, 2.24) is 0 Å². The van der Waals surface area contributed by atoms with Gasteiger partial charge >= 0.3 is 0 Å². The number of ether oxygens (including phenoxy) is 2. The van der Waals surface area contributed by atoms with Gasteiger partial charge in [-0.3, -0.25) is 4.79 Å². The molecule has 10 nitrogen and oxygen atoms in total. The highest BCUT2D eigenvalue weighted by Crippen LogP contribution is 2.32. The summed E-state index contributed by atoms with van der Waals surface area (Å²) in [5.41, 5.74) is 11.7. The molecular weight excluding hydrogens is 380 g/mol. The van der Waals surface area contributed by atoms with Crippen LogP contribution in [0.2, 0.25) is 0 Å². The number of hydrogen-bond donors (Lipinski definition) is 4. The number of aliphatic carboxylic acids is 1. The van der Waals surface area contributed by atoms with Gasteiger partial charge in [-0.05, 0) is 49.4 Å². The Kier molecular flexibility index (Phi) is 7.24. The zero-order valence-electron chi connectivity index (χ0n) is 15.6. The molecule has 1 unspecified atom stereocenters. The lowest BCUT2D eigenvalue weighted by molar-refractivity contribution is -0.307. The van der Waals surface area contributed by atoms with Crippen molar-refractivity contribution >= 4 is 23.4 Å². The fraction of sp³-hybridized carbons (Fsp3) is 0.211. The minimum absolute atomic E-state index is 0.0837. The Balaban J connectivity index is 2.38.